The summed E-state index contributed by atoms with van der Waals surface area (Å²) >= 11 is 5.52. The highest BCUT2D eigenvalue weighted by Crippen LogP contribution is 2.61. The van der Waals surface area contributed by atoms with Crippen molar-refractivity contribution < 1.29 is 0 Å². The van der Waals surface area contributed by atoms with Gasteiger partial charge in [0.2, 0.25) is 0 Å². The Morgan fingerprint density at radius 3 is 2.68 bits per heavy atom. The molecule has 2 nitrogen and oxygen atoms in total. The van der Waals surface area contributed by atoms with Crippen LogP contribution in [0.2, 0.25) is 0 Å². The first-order valence-electron chi connectivity index (χ1n) is 8.59. The average molecular weight is 314 g/mol. The van der Waals surface area contributed by atoms with Crippen molar-refractivity contribution in [2.75, 3.05) is 0 Å². The van der Waals surface area contributed by atoms with E-state index in [0.717, 1.165) is 28.8 Å². The predicted molar refractivity (Wildman–Crippen MR) is 95.0 cm³/mol. The van der Waals surface area contributed by atoms with E-state index in [1.54, 1.807) is 11.1 Å². The quantitative estimate of drug-likeness (QED) is 0.774. The summed E-state index contributed by atoms with van der Waals surface area (Å²) in [4.78, 5) is 0. The second-order valence-electron chi connectivity index (χ2n) is 8.44. The standard InChI is InChI=1S/C19H26N2S/c1-19(2,3)21-18(22)20-16-10-12-9-14(16)15-8-11-6-4-5-7-13(11)17(12)15/h4-7,12,14-17H,8-10H2,1-3H3,(H2,20,21,22)/t12-,14-,15-,16-,17+/m1/s1. The van der Waals surface area contributed by atoms with Gasteiger partial charge in [-0.15, -0.1) is 0 Å². The van der Waals surface area contributed by atoms with Gasteiger partial charge in [0.15, 0.2) is 5.11 Å². The van der Waals surface area contributed by atoms with Gasteiger partial charge in [-0.3, -0.25) is 0 Å². The van der Waals surface area contributed by atoms with Gasteiger partial charge < -0.3 is 10.6 Å². The van der Waals surface area contributed by atoms with Crippen LogP contribution in [0.15, 0.2) is 24.3 Å². The van der Waals surface area contributed by atoms with Crippen molar-refractivity contribution in [2.24, 2.45) is 17.8 Å². The molecule has 0 unspecified atom stereocenters. The molecular weight excluding hydrogens is 288 g/mol. The van der Waals surface area contributed by atoms with E-state index in [1.807, 2.05) is 0 Å². The number of fused-ring (bicyclic) bond motifs is 7. The van der Waals surface area contributed by atoms with Crippen LogP contribution in [-0.2, 0) is 6.42 Å². The Kier molecular flexibility index (Phi) is 3.26. The van der Waals surface area contributed by atoms with Gasteiger partial charge in [-0.05, 0) is 87.1 Å². The number of hydrogen-bond acceptors (Lipinski definition) is 1. The van der Waals surface area contributed by atoms with E-state index >= 15 is 0 Å². The van der Waals surface area contributed by atoms with Gasteiger partial charge in [0.1, 0.15) is 0 Å². The van der Waals surface area contributed by atoms with Crippen LogP contribution in [-0.4, -0.2) is 16.7 Å². The molecule has 4 rings (SSSR count). The van der Waals surface area contributed by atoms with Gasteiger partial charge in [-0.1, -0.05) is 24.3 Å². The van der Waals surface area contributed by atoms with Gasteiger partial charge in [0.25, 0.3) is 0 Å². The lowest BCUT2D eigenvalue weighted by Gasteiger charge is -2.34. The molecule has 22 heavy (non-hydrogen) atoms. The van der Waals surface area contributed by atoms with Gasteiger partial charge in [-0.25, -0.2) is 0 Å². The van der Waals surface area contributed by atoms with Gasteiger partial charge >= 0.3 is 0 Å². The Balaban J connectivity index is 1.47. The second kappa shape index (κ2) is 4.95. The molecule has 0 saturated heterocycles. The van der Waals surface area contributed by atoms with Crippen molar-refractivity contribution in [3.63, 3.8) is 0 Å². The zero-order valence-corrected chi connectivity index (χ0v) is 14.5. The first-order valence-corrected chi connectivity index (χ1v) is 9.00. The Morgan fingerprint density at radius 1 is 1.14 bits per heavy atom. The minimum Gasteiger partial charge on any atom is -0.360 e. The molecule has 0 aromatic heterocycles. The van der Waals surface area contributed by atoms with E-state index < -0.39 is 0 Å². The van der Waals surface area contributed by atoms with Gasteiger partial charge in [0.05, 0.1) is 0 Å². The fraction of sp³-hybridized carbons (Fsp3) is 0.632. The molecule has 2 N–H and O–H groups in total. The fourth-order valence-corrected chi connectivity index (χ4v) is 5.72. The first-order chi connectivity index (χ1) is 10.4. The van der Waals surface area contributed by atoms with E-state index in [-0.39, 0.29) is 5.54 Å². The van der Waals surface area contributed by atoms with Crippen molar-refractivity contribution >= 4 is 17.3 Å². The number of nitrogens with one attached hydrogen (secondary N) is 2. The molecule has 2 fully saturated rings. The SMILES string of the molecule is CC(C)(C)NC(=S)N[C@@H]1C[C@H]2C[C@@H]1[C@H]1Cc3ccccc3[C@H]21. The molecule has 3 aliphatic carbocycles. The fourth-order valence-electron chi connectivity index (χ4n) is 5.27. The van der Waals surface area contributed by atoms with E-state index in [0.29, 0.717) is 6.04 Å². The summed E-state index contributed by atoms with van der Waals surface area (Å²) in [6.07, 6.45) is 3.95. The highest BCUT2D eigenvalue weighted by molar-refractivity contribution is 7.80. The third-order valence-electron chi connectivity index (χ3n) is 5.84. The second-order valence-corrected chi connectivity index (χ2v) is 8.85. The molecule has 3 heteroatoms. The Morgan fingerprint density at radius 2 is 1.91 bits per heavy atom. The van der Waals surface area contributed by atoms with Crippen LogP contribution in [0.3, 0.4) is 0 Å². The molecule has 5 atom stereocenters. The number of benzene rings is 1. The average Bonchev–Trinajstić information content (AvgIpc) is 3.04. The summed E-state index contributed by atoms with van der Waals surface area (Å²) in [7, 11) is 0. The lowest BCUT2D eigenvalue weighted by molar-refractivity contribution is 0.260. The van der Waals surface area contributed by atoms with Crippen LogP contribution in [0.4, 0.5) is 0 Å². The molecular formula is C19H26N2S. The largest absolute Gasteiger partial charge is 0.360 e. The predicted octanol–water partition coefficient (Wildman–Crippen LogP) is 3.61. The summed E-state index contributed by atoms with van der Waals surface area (Å²) in [5.74, 6) is 3.31. The Hall–Kier alpha value is -1.09. The lowest BCUT2D eigenvalue weighted by Crippen LogP contribution is -2.51. The molecule has 0 aliphatic heterocycles. The summed E-state index contributed by atoms with van der Waals surface area (Å²) in [6, 6.07) is 9.68. The van der Waals surface area contributed by atoms with E-state index in [4.69, 9.17) is 12.2 Å². The van der Waals surface area contributed by atoms with E-state index in [9.17, 15) is 0 Å². The van der Waals surface area contributed by atoms with Crippen molar-refractivity contribution in [3.8, 4) is 0 Å². The monoisotopic (exact) mass is 314 g/mol. The van der Waals surface area contributed by atoms with Crippen LogP contribution in [0.25, 0.3) is 0 Å². The topological polar surface area (TPSA) is 24.1 Å². The normalized spacial score (nSPS) is 35.1. The summed E-state index contributed by atoms with van der Waals surface area (Å²) in [5.41, 5.74) is 3.28. The lowest BCUT2D eigenvalue weighted by atomic mass is 9.77. The first kappa shape index (κ1) is 14.5. The van der Waals surface area contributed by atoms with Crippen molar-refractivity contribution in [1.82, 2.24) is 10.6 Å². The molecule has 1 aromatic rings. The Bertz CT molecular complexity index is 604. The number of rotatable bonds is 1. The number of thiocarbonyl (C=S) groups is 1. The van der Waals surface area contributed by atoms with Crippen LogP contribution in [0.5, 0.6) is 0 Å². The third-order valence-corrected chi connectivity index (χ3v) is 6.06. The highest BCUT2D eigenvalue weighted by atomic mass is 32.1. The third kappa shape index (κ3) is 2.34. The maximum absolute atomic E-state index is 5.52. The zero-order chi connectivity index (χ0) is 15.5. The summed E-state index contributed by atoms with van der Waals surface area (Å²) in [6.45, 7) is 6.47. The molecule has 2 bridgehead atoms. The van der Waals surface area contributed by atoms with Crippen molar-refractivity contribution in [3.05, 3.63) is 35.4 Å². The molecule has 0 heterocycles. The smallest absolute Gasteiger partial charge is 0.166 e. The molecule has 118 valence electrons. The van der Waals surface area contributed by atoms with Gasteiger partial charge in [-0.2, -0.15) is 0 Å². The zero-order valence-electron chi connectivity index (χ0n) is 13.7. The maximum Gasteiger partial charge on any atom is 0.166 e. The molecule has 3 aliphatic rings. The minimum absolute atomic E-state index is 0.0355. The van der Waals surface area contributed by atoms with Crippen molar-refractivity contribution in [1.29, 1.82) is 0 Å². The number of hydrogen-bond donors (Lipinski definition) is 2. The molecule has 0 radical (unpaired) electrons. The molecule has 2 saturated carbocycles. The van der Waals surface area contributed by atoms with E-state index in [2.05, 4.69) is 55.7 Å². The van der Waals surface area contributed by atoms with Gasteiger partial charge in [0, 0.05) is 11.6 Å². The summed E-state index contributed by atoms with van der Waals surface area (Å²) in [5, 5.41) is 7.86. The van der Waals surface area contributed by atoms with Crippen LogP contribution in [0.1, 0.15) is 50.7 Å². The van der Waals surface area contributed by atoms with Crippen LogP contribution in [0, 0.1) is 17.8 Å². The molecule has 0 spiro atoms. The van der Waals surface area contributed by atoms with E-state index in [1.165, 1.54) is 19.3 Å². The summed E-state index contributed by atoms with van der Waals surface area (Å²) < 4.78 is 0. The minimum atomic E-state index is 0.0355. The molecule has 1 aromatic carbocycles. The van der Waals surface area contributed by atoms with Crippen LogP contribution < -0.4 is 10.6 Å². The van der Waals surface area contributed by atoms with Crippen molar-refractivity contribution in [2.45, 2.75) is 57.5 Å². The Labute approximate surface area is 139 Å². The van der Waals surface area contributed by atoms with Crippen LogP contribution >= 0.6 is 12.2 Å². The maximum atomic E-state index is 5.52. The molecule has 0 amide bonds. The highest BCUT2D eigenvalue weighted by Gasteiger charge is 2.55.